The number of rotatable bonds is 6. The van der Waals surface area contributed by atoms with E-state index < -0.39 is 0 Å². The number of amides is 2. The van der Waals surface area contributed by atoms with Gasteiger partial charge in [0.2, 0.25) is 0 Å². The zero-order valence-corrected chi connectivity index (χ0v) is 24.0. The van der Waals surface area contributed by atoms with Crippen molar-refractivity contribution in [1.29, 1.82) is 0 Å². The molecule has 4 N–H and O–H groups in total. The molecule has 5 rings (SSSR count). The van der Waals surface area contributed by atoms with Gasteiger partial charge >= 0.3 is 0 Å². The molecule has 0 atom stereocenters. The van der Waals surface area contributed by atoms with Crippen LogP contribution in [0.15, 0.2) is 77.3 Å². The molecule has 0 aliphatic rings. The summed E-state index contributed by atoms with van der Waals surface area (Å²) in [5.41, 5.74) is 10.3. The maximum absolute atomic E-state index is 13.7. The van der Waals surface area contributed by atoms with Crippen LogP contribution in [0.4, 0.5) is 17.1 Å². The quantitative estimate of drug-likeness (QED) is 0.180. The van der Waals surface area contributed by atoms with Gasteiger partial charge in [-0.2, -0.15) is 0 Å². The zero-order chi connectivity index (χ0) is 27.7. The normalized spacial score (nSPS) is 10.9. The van der Waals surface area contributed by atoms with Gasteiger partial charge in [0.1, 0.15) is 15.5 Å². The van der Waals surface area contributed by atoms with Crippen molar-refractivity contribution in [3.05, 3.63) is 98.4 Å². The van der Waals surface area contributed by atoms with E-state index in [0.29, 0.717) is 54.1 Å². The number of nitrogen functional groups attached to an aromatic ring is 1. The number of methoxy groups -OCH3 is 1. The highest BCUT2D eigenvalue weighted by atomic mass is 79.9. The number of hydrogen-bond donors (Lipinski definition) is 3. The minimum atomic E-state index is -0.379. The predicted molar refractivity (Wildman–Crippen MR) is 162 cm³/mol. The van der Waals surface area contributed by atoms with Crippen LogP contribution in [0.1, 0.15) is 25.7 Å². The summed E-state index contributed by atoms with van der Waals surface area (Å²) in [6, 6.07) is 21.5. The van der Waals surface area contributed by atoms with E-state index in [4.69, 9.17) is 27.1 Å². The van der Waals surface area contributed by atoms with Crippen molar-refractivity contribution in [2.24, 2.45) is 0 Å². The predicted octanol–water partition coefficient (Wildman–Crippen LogP) is 7.78. The Labute approximate surface area is 242 Å². The summed E-state index contributed by atoms with van der Waals surface area (Å²) >= 11 is 10.7. The molecule has 0 spiro atoms. The fourth-order valence-electron chi connectivity index (χ4n) is 4.23. The van der Waals surface area contributed by atoms with Gasteiger partial charge in [0, 0.05) is 37.9 Å². The summed E-state index contributed by atoms with van der Waals surface area (Å²) in [5.74, 6) is -0.117. The molecule has 0 saturated heterocycles. The molecule has 196 valence electrons. The summed E-state index contributed by atoms with van der Waals surface area (Å²) in [7, 11) is 1.56. The number of thiophene rings is 1. The number of nitrogens with one attached hydrogen (secondary N) is 2. The number of nitrogens with two attached hydrogens (primary N) is 1. The number of ether oxygens (including phenoxy) is 1. The van der Waals surface area contributed by atoms with E-state index in [-0.39, 0.29) is 17.5 Å². The molecule has 0 radical (unpaired) electrons. The molecule has 2 aromatic heterocycles. The van der Waals surface area contributed by atoms with E-state index in [1.165, 1.54) is 11.3 Å². The van der Waals surface area contributed by atoms with Crippen molar-refractivity contribution in [1.82, 2.24) is 4.98 Å². The largest absolute Gasteiger partial charge is 0.497 e. The van der Waals surface area contributed by atoms with Crippen LogP contribution in [-0.2, 0) is 0 Å². The Bertz CT molecular complexity index is 1720. The summed E-state index contributed by atoms with van der Waals surface area (Å²) in [6.45, 7) is 1.77. The first-order valence-corrected chi connectivity index (χ1v) is 13.7. The van der Waals surface area contributed by atoms with Crippen molar-refractivity contribution in [2.45, 2.75) is 6.92 Å². The van der Waals surface area contributed by atoms with Gasteiger partial charge in [0.15, 0.2) is 0 Å². The van der Waals surface area contributed by atoms with Gasteiger partial charge in [-0.3, -0.25) is 9.59 Å². The van der Waals surface area contributed by atoms with Crippen molar-refractivity contribution in [3.8, 4) is 16.9 Å². The smallest absolute Gasteiger partial charge is 0.267 e. The Morgan fingerprint density at radius 3 is 2.36 bits per heavy atom. The minimum Gasteiger partial charge on any atom is -0.497 e. The van der Waals surface area contributed by atoms with Gasteiger partial charge in [0.05, 0.1) is 24.1 Å². The number of carbonyl (C=O) groups is 2. The molecule has 0 unspecified atom stereocenters. The first-order chi connectivity index (χ1) is 18.7. The van der Waals surface area contributed by atoms with Crippen LogP contribution in [0.25, 0.3) is 21.3 Å². The van der Waals surface area contributed by atoms with E-state index in [0.717, 1.165) is 10.0 Å². The van der Waals surface area contributed by atoms with Gasteiger partial charge in [0.25, 0.3) is 11.8 Å². The molecule has 2 amide bonds. The molecular weight excluding hydrogens is 600 g/mol. The second kappa shape index (κ2) is 11.1. The topological polar surface area (TPSA) is 106 Å². The molecule has 0 bridgehead atoms. The second-order valence-corrected chi connectivity index (χ2v) is 11.0. The number of aryl methyl sites for hydroxylation is 1. The van der Waals surface area contributed by atoms with Gasteiger partial charge in [-0.15, -0.1) is 11.3 Å². The van der Waals surface area contributed by atoms with Gasteiger partial charge in [-0.1, -0.05) is 45.7 Å². The number of carbonyl (C=O) groups excluding carboxylic acids is 2. The fraction of sp³-hybridized carbons (Fsp3) is 0.0690. The lowest BCUT2D eigenvalue weighted by atomic mass is 9.94. The highest BCUT2D eigenvalue weighted by molar-refractivity contribution is 9.10. The lowest BCUT2D eigenvalue weighted by Gasteiger charge is -2.15. The van der Waals surface area contributed by atoms with E-state index in [9.17, 15) is 9.59 Å². The molecule has 0 aliphatic carbocycles. The molecular formula is C29H22BrClN4O3S. The highest BCUT2D eigenvalue weighted by Gasteiger charge is 2.27. The first kappa shape index (κ1) is 26.7. The van der Waals surface area contributed by atoms with Gasteiger partial charge < -0.3 is 21.1 Å². The first-order valence-electron chi connectivity index (χ1n) is 11.8. The van der Waals surface area contributed by atoms with Crippen LogP contribution in [0.5, 0.6) is 5.75 Å². The third-order valence-electron chi connectivity index (χ3n) is 6.05. The molecule has 5 aromatic rings. The zero-order valence-electron chi connectivity index (χ0n) is 20.8. The number of halogens is 2. The number of pyridine rings is 1. The molecule has 7 nitrogen and oxygen atoms in total. The molecule has 39 heavy (non-hydrogen) atoms. The number of aromatic nitrogens is 1. The van der Waals surface area contributed by atoms with E-state index >= 15 is 0 Å². The second-order valence-electron chi connectivity index (χ2n) is 8.63. The molecule has 10 heteroatoms. The Morgan fingerprint density at radius 1 is 0.974 bits per heavy atom. The van der Waals surface area contributed by atoms with E-state index in [1.807, 2.05) is 24.3 Å². The van der Waals surface area contributed by atoms with Crippen LogP contribution in [0, 0.1) is 6.92 Å². The number of fused-ring (bicyclic) bond motifs is 1. The van der Waals surface area contributed by atoms with Crippen LogP contribution in [-0.4, -0.2) is 23.9 Å². The maximum Gasteiger partial charge on any atom is 0.267 e. The van der Waals surface area contributed by atoms with Crippen molar-refractivity contribution >= 4 is 78.0 Å². The van der Waals surface area contributed by atoms with Crippen molar-refractivity contribution in [3.63, 3.8) is 0 Å². The average molecular weight is 622 g/mol. The molecule has 0 fully saturated rings. The summed E-state index contributed by atoms with van der Waals surface area (Å²) < 4.78 is 6.14. The Hall–Kier alpha value is -3.92. The van der Waals surface area contributed by atoms with E-state index in [1.54, 1.807) is 62.6 Å². The third-order valence-corrected chi connectivity index (χ3v) is 7.93. The number of benzene rings is 3. The van der Waals surface area contributed by atoms with Crippen LogP contribution < -0.4 is 21.1 Å². The third kappa shape index (κ3) is 5.47. The lowest BCUT2D eigenvalue weighted by Crippen LogP contribution is -2.16. The number of anilines is 3. The van der Waals surface area contributed by atoms with Gasteiger partial charge in [-0.05, 0) is 61.0 Å². The Balaban J connectivity index is 1.64. The van der Waals surface area contributed by atoms with Crippen LogP contribution in [0.3, 0.4) is 0 Å². The SMILES string of the molecule is COc1cccc(NC(=O)c2sc3nc(C)c(C(=O)Nc4ccc(Cl)cc4)c(-c4ccc(Br)cc4)c3c2N)c1. The van der Waals surface area contributed by atoms with E-state index in [2.05, 4.69) is 26.6 Å². The molecule has 3 aromatic carbocycles. The molecule has 0 aliphatic heterocycles. The lowest BCUT2D eigenvalue weighted by molar-refractivity contribution is 0.102. The number of hydrogen-bond acceptors (Lipinski definition) is 6. The van der Waals surface area contributed by atoms with Crippen LogP contribution in [0.2, 0.25) is 5.02 Å². The summed E-state index contributed by atoms with van der Waals surface area (Å²) in [4.78, 5) is 32.5. The van der Waals surface area contributed by atoms with Crippen molar-refractivity contribution < 1.29 is 14.3 Å². The minimum absolute atomic E-state index is 0.251. The fourth-order valence-corrected chi connectivity index (χ4v) is 5.67. The standard InChI is InChI=1S/C29H22BrClN4O3S/c1-15-22(27(36)34-19-12-10-18(31)11-13-19)23(16-6-8-17(30)9-7-16)24-25(32)26(39-29(24)33-15)28(37)35-20-4-3-5-21(14-20)38-2/h3-14H,32H2,1-2H3,(H,34,36)(H,35,37). The summed E-state index contributed by atoms with van der Waals surface area (Å²) in [5, 5.41) is 6.92. The molecule has 2 heterocycles. The maximum atomic E-state index is 13.7. The average Bonchev–Trinajstić information content (AvgIpc) is 3.25. The monoisotopic (exact) mass is 620 g/mol. The summed E-state index contributed by atoms with van der Waals surface area (Å²) in [6.07, 6.45) is 0. The highest BCUT2D eigenvalue weighted by Crippen LogP contribution is 2.43. The van der Waals surface area contributed by atoms with Gasteiger partial charge in [-0.25, -0.2) is 4.98 Å². The molecule has 0 saturated carbocycles. The Kier molecular flexibility index (Phi) is 7.56. The van der Waals surface area contributed by atoms with Crippen molar-refractivity contribution in [2.75, 3.05) is 23.5 Å². The van der Waals surface area contributed by atoms with Crippen LogP contribution >= 0.6 is 38.9 Å². The number of nitrogens with zero attached hydrogens (tertiary/aromatic N) is 1. The Morgan fingerprint density at radius 2 is 1.67 bits per heavy atom.